The maximum absolute atomic E-state index is 12.1. The van der Waals surface area contributed by atoms with Crippen molar-refractivity contribution >= 4 is 17.6 Å². The Kier molecular flexibility index (Phi) is 4.18. The van der Waals surface area contributed by atoms with Crippen molar-refractivity contribution < 1.29 is 14.4 Å². The molecule has 2 rings (SSSR count). The molecule has 1 aliphatic rings. The summed E-state index contributed by atoms with van der Waals surface area (Å²) in [4.78, 5) is 30.6. The molecule has 1 aliphatic heterocycles. The highest BCUT2D eigenvalue weighted by molar-refractivity contribution is 5.89. The molecule has 1 N–H and O–H groups in total. The van der Waals surface area contributed by atoms with Crippen molar-refractivity contribution in [2.24, 2.45) is 5.41 Å². The molecule has 0 unspecified atom stereocenters. The van der Waals surface area contributed by atoms with Crippen LogP contribution >= 0.6 is 0 Å². The van der Waals surface area contributed by atoms with Crippen LogP contribution in [0.4, 0.5) is 10.5 Å². The number of amides is 3. The van der Waals surface area contributed by atoms with Gasteiger partial charge in [-0.1, -0.05) is 12.1 Å². The van der Waals surface area contributed by atoms with Gasteiger partial charge in [-0.3, -0.25) is 9.63 Å². The molecule has 1 fully saturated rings. The Balaban J connectivity index is 2.05. The van der Waals surface area contributed by atoms with Crippen molar-refractivity contribution in [1.29, 1.82) is 0 Å². The number of hydrogen-bond donors (Lipinski definition) is 1. The normalized spacial score (nSPS) is 17.0. The summed E-state index contributed by atoms with van der Waals surface area (Å²) in [6.45, 7) is 4.49. The number of nitrogens with zero attached hydrogens (tertiary/aromatic N) is 2. The summed E-state index contributed by atoms with van der Waals surface area (Å²) in [5.41, 5.74) is 1.12. The molecule has 1 aromatic rings. The summed E-state index contributed by atoms with van der Waals surface area (Å²) < 4.78 is 0. The summed E-state index contributed by atoms with van der Waals surface area (Å²) in [5.74, 6) is -0.0229. The molecular formula is C15H21N3O3. The molecule has 0 aromatic heterocycles. The summed E-state index contributed by atoms with van der Waals surface area (Å²) in [7, 11) is 3.36. The number of hydroxylamine groups is 2. The molecule has 21 heavy (non-hydrogen) atoms. The SMILES string of the molecule is CN(C)C(=O)Nc1cccc(CN2OCC(C)(C)C2=O)c1. The quantitative estimate of drug-likeness (QED) is 0.927. The smallest absolute Gasteiger partial charge is 0.321 e. The van der Waals surface area contributed by atoms with Gasteiger partial charge in [-0.05, 0) is 31.5 Å². The molecule has 3 amide bonds. The minimum Gasteiger partial charge on any atom is -0.331 e. The molecule has 1 aromatic carbocycles. The molecule has 1 saturated heterocycles. The van der Waals surface area contributed by atoms with E-state index in [-0.39, 0.29) is 11.9 Å². The highest BCUT2D eigenvalue weighted by Crippen LogP contribution is 2.28. The van der Waals surface area contributed by atoms with Crippen molar-refractivity contribution in [2.45, 2.75) is 20.4 Å². The Morgan fingerprint density at radius 3 is 2.71 bits per heavy atom. The lowest BCUT2D eigenvalue weighted by molar-refractivity contribution is -0.165. The minimum atomic E-state index is -0.475. The average Bonchev–Trinajstić information content (AvgIpc) is 2.66. The van der Waals surface area contributed by atoms with Gasteiger partial charge in [0.15, 0.2) is 0 Å². The van der Waals surface area contributed by atoms with E-state index in [9.17, 15) is 9.59 Å². The second-order valence-corrected chi connectivity index (χ2v) is 6.02. The third-order valence-electron chi connectivity index (χ3n) is 3.30. The first-order chi connectivity index (χ1) is 9.79. The van der Waals surface area contributed by atoms with Gasteiger partial charge in [0.2, 0.25) is 0 Å². The first-order valence-corrected chi connectivity index (χ1v) is 6.82. The lowest BCUT2D eigenvalue weighted by atomic mass is 9.95. The Bertz CT molecular complexity index is 555. The number of nitrogens with one attached hydrogen (secondary N) is 1. The third-order valence-corrected chi connectivity index (χ3v) is 3.30. The average molecular weight is 291 g/mol. The Morgan fingerprint density at radius 2 is 2.14 bits per heavy atom. The molecule has 0 saturated carbocycles. The molecule has 0 radical (unpaired) electrons. The van der Waals surface area contributed by atoms with Gasteiger partial charge in [0.25, 0.3) is 5.91 Å². The van der Waals surface area contributed by atoms with Crippen LogP contribution in [0.2, 0.25) is 0 Å². The largest absolute Gasteiger partial charge is 0.331 e. The Hall–Kier alpha value is -2.08. The fraction of sp³-hybridized carbons (Fsp3) is 0.467. The molecule has 114 valence electrons. The van der Waals surface area contributed by atoms with E-state index in [0.29, 0.717) is 18.8 Å². The lowest BCUT2D eigenvalue weighted by Gasteiger charge is -2.17. The van der Waals surface area contributed by atoms with Crippen molar-refractivity contribution in [3.63, 3.8) is 0 Å². The first-order valence-electron chi connectivity index (χ1n) is 6.82. The van der Waals surface area contributed by atoms with Crippen LogP contribution in [0.25, 0.3) is 0 Å². The van der Waals surface area contributed by atoms with Gasteiger partial charge >= 0.3 is 6.03 Å². The third kappa shape index (κ3) is 3.52. The molecule has 0 atom stereocenters. The molecule has 0 bridgehead atoms. The summed E-state index contributed by atoms with van der Waals surface area (Å²) in [6.07, 6.45) is 0. The zero-order valence-corrected chi connectivity index (χ0v) is 12.8. The summed E-state index contributed by atoms with van der Waals surface area (Å²) in [6, 6.07) is 7.19. The highest BCUT2D eigenvalue weighted by Gasteiger charge is 2.40. The van der Waals surface area contributed by atoms with Crippen LogP contribution in [0.1, 0.15) is 19.4 Å². The number of anilines is 1. The second-order valence-electron chi connectivity index (χ2n) is 6.02. The molecule has 0 spiro atoms. The van der Waals surface area contributed by atoms with Gasteiger partial charge in [-0.15, -0.1) is 0 Å². The van der Waals surface area contributed by atoms with Crippen LogP contribution < -0.4 is 5.32 Å². The number of carbonyl (C=O) groups is 2. The monoisotopic (exact) mass is 291 g/mol. The van der Waals surface area contributed by atoms with Crippen molar-refractivity contribution in [3.05, 3.63) is 29.8 Å². The molecule has 0 aliphatic carbocycles. The Labute approximate surface area is 124 Å². The van der Waals surface area contributed by atoms with E-state index in [1.165, 1.54) is 9.96 Å². The molecule has 1 heterocycles. The Morgan fingerprint density at radius 1 is 1.43 bits per heavy atom. The number of rotatable bonds is 3. The fourth-order valence-corrected chi connectivity index (χ4v) is 1.96. The number of hydrogen-bond acceptors (Lipinski definition) is 3. The van der Waals surface area contributed by atoms with E-state index in [4.69, 9.17) is 4.84 Å². The van der Waals surface area contributed by atoms with Crippen LogP contribution in [0.3, 0.4) is 0 Å². The minimum absolute atomic E-state index is 0.0229. The van der Waals surface area contributed by atoms with E-state index in [0.717, 1.165) is 5.56 Å². The highest BCUT2D eigenvalue weighted by atomic mass is 16.7. The molecular weight excluding hydrogens is 270 g/mol. The van der Waals surface area contributed by atoms with Crippen LogP contribution in [-0.2, 0) is 16.2 Å². The topological polar surface area (TPSA) is 61.9 Å². The summed E-state index contributed by atoms with van der Waals surface area (Å²) >= 11 is 0. The zero-order valence-electron chi connectivity index (χ0n) is 12.8. The van der Waals surface area contributed by atoms with Gasteiger partial charge in [0.1, 0.15) is 0 Å². The molecule has 6 heteroatoms. The number of carbonyl (C=O) groups excluding carboxylic acids is 2. The fourth-order valence-electron chi connectivity index (χ4n) is 1.96. The van der Waals surface area contributed by atoms with Crippen LogP contribution in [0.5, 0.6) is 0 Å². The number of benzene rings is 1. The van der Waals surface area contributed by atoms with Crippen LogP contribution in [0.15, 0.2) is 24.3 Å². The van der Waals surface area contributed by atoms with E-state index in [1.807, 2.05) is 38.1 Å². The summed E-state index contributed by atoms with van der Waals surface area (Å²) in [5, 5.41) is 4.16. The van der Waals surface area contributed by atoms with Gasteiger partial charge in [0, 0.05) is 19.8 Å². The maximum Gasteiger partial charge on any atom is 0.321 e. The maximum atomic E-state index is 12.1. The van der Waals surface area contributed by atoms with Gasteiger partial charge in [-0.2, -0.15) is 0 Å². The van der Waals surface area contributed by atoms with Crippen molar-refractivity contribution in [2.75, 3.05) is 26.0 Å². The molecule has 6 nitrogen and oxygen atoms in total. The van der Waals surface area contributed by atoms with Gasteiger partial charge < -0.3 is 10.2 Å². The zero-order chi connectivity index (χ0) is 15.6. The number of urea groups is 1. The van der Waals surface area contributed by atoms with Crippen LogP contribution in [-0.4, -0.2) is 42.6 Å². The van der Waals surface area contributed by atoms with Crippen molar-refractivity contribution in [1.82, 2.24) is 9.96 Å². The van der Waals surface area contributed by atoms with Crippen molar-refractivity contribution in [3.8, 4) is 0 Å². The second kappa shape index (κ2) is 5.73. The lowest BCUT2D eigenvalue weighted by Crippen LogP contribution is -2.30. The standard InChI is InChI=1S/C15H21N3O3/c1-15(2)10-21-18(13(15)19)9-11-6-5-7-12(8-11)16-14(20)17(3)4/h5-8H,9-10H2,1-4H3,(H,16,20). The van der Waals surface area contributed by atoms with E-state index in [2.05, 4.69) is 5.32 Å². The van der Waals surface area contributed by atoms with E-state index >= 15 is 0 Å². The predicted octanol–water partition coefficient (Wildman–Crippen LogP) is 2.08. The van der Waals surface area contributed by atoms with E-state index in [1.54, 1.807) is 14.1 Å². The van der Waals surface area contributed by atoms with Gasteiger partial charge in [-0.25, -0.2) is 9.86 Å². The van der Waals surface area contributed by atoms with Gasteiger partial charge in [0.05, 0.1) is 18.6 Å². The first kappa shape index (κ1) is 15.3. The predicted molar refractivity (Wildman–Crippen MR) is 79.4 cm³/mol. The van der Waals surface area contributed by atoms with Crippen LogP contribution in [0, 0.1) is 5.41 Å². The van der Waals surface area contributed by atoms with E-state index < -0.39 is 5.41 Å².